The molecule has 1 fully saturated rings. The Morgan fingerprint density at radius 3 is 2.67 bits per heavy atom. The highest BCUT2D eigenvalue weighted by atomic mass is 32.2. The van der Waals surface area contributed by atoms with Crippen molar-refractivity contribution in [1.29, 1.82) is 0 Å². The van der Waals surface area contributed by atoms with Crippen LogP contribution in [0.2, 0.25) is 0 Å². The van der Waals surface area contributed by atoms with E-state index in [1.165, 1.54) is 6.20 Å². The summed E-state index contributed by atoms with van der Waals surface area (Å²) in [5, 5.41) is 12.8. The van der Waals surface area contributed by atoms with Crippen LogP contribution in [-0.2, 0) is 9.84 Å². The molecule has 126 valence electrons. The van der Waals surface area contributed by atoms with Gasteiger partial charge in [0, 0.05) is 5.56 Å². The van der Waals surface area contributed by atoms with E-state index in [9.17, 15) is 13.2 Å². The van der Waals surface area contributed by atoms with Crippen molar-refractivity contribution in [2.75, 3.05) is 16.8 Å². The number of aromatic nitrogens is 3. The van der Waals surface area contributed by atoms with Gasteiger partial charge in [-0.25, -0.2) is 18.2 Å². The number of carbonyl (C=O) groups is 1. The quantitative estimate of drug-likeness (QED) is 0.863. The van der Waals surface area contributed by atoms with Gasteiger partial charge in [-0.1, -0.05) is 30.3 Å². The molecule has 1 saturated heterocycles. The molecule has 2 amide bonds. The van der Waals surface area contributed by atoms with Gasteiger partial charge in [-0.2, -0.15) is 5.10 Å². The SMILES string of the molecule is CC1(NC(=O)Nc2nncc(-c3ccccc3)n2)CCS(=O)(=O)C1. The number of urea groups is 1. The molecule has 2 heterocycles. The Kier molecular flexibility index (Phi) is 4.18. The van der Waals surface area contributed by atoms with Crippen LogP contribution in [-0.4, -0.2) is 46.7 Å². The average Bonchev–Trinajstić information content (AvgIpc) is 2.81. The van der Waals surface area contributed by atoms with E-state index in [1.807, 2.05) is 30.3 Å². The highest BCUT2D eigenvalue weighted by Gasteiger charge is 2.39. The number of benzene rings is 1. The first-order valence-electron chi connectivity index (χ1n) is 7.40. The summed E-state index contributed by atoms with van der Waals surface area (Å²) < 4.78 is 23.2. The molecule has 24 heavy (non-hydrogen) atoms. The number of nitrogens with zero attached hydrogens (tertiary/aromatic N) is 3. The summed E-state index contributed by atoms with van der Waals surface area (Å²) in [4.78, 5) is 16.4. The van der Waals surface area contributed by atoms with Crippen LogP contribution < -0.4 is 10.6 Å². The Hall–Kier alpha value is -2.55. The highest BCUT2D eigenvalue weighted by molar-refractivity contribution is 7.91. The molecule has 0 saturated carbocycles. The summed E-state index contributed by atoms with van der Waals surface area (Å²) in [5.41, 5.74) is 0.646. The van der Waals surface area contributed by atoms with Crippen LogP contribution in [0.25, 0.3) is 11.3 Å². The lowest BCUT2D eigenvalue weighted by atomic mass is 10.0. The molecule has 8 nitrogen and oxygen atoms in total. The molecule has 1 unspecified atom stereocenters. The number of carbonyl (C=O) groups excluding carboxylic acids is 1. The maximum Gasteiger partial charge on any atom is 0.322 e. The van der Waals surface area contributed by atoms with Gasteiger partial charge < -0.3 is 5.32 Å². The fourth-order valence-corrected chi connectivity index (χ4v) is 4.71. The second kappa shape index (κ2) is 6.16. The summed E-state index contributed by atoms with van der Waals surface area (Å²) in [5.74, 6) is 0.0559. The lowest BCUT2D eigenvalue weighted by Gasteiger charge is -2.23. The topological polar surface area (TPSA) is 114 Å². The Morgan fingerprint density at radius 1 is 1.25 bits per heavy atom. The summed E-state index contributed by atoms with van der Waals surface area (Å²) in [6, 6.07) is 8.83. The summed E-state index contributed by atoms with van der Waals surface area (Å²) in [6.45, 7) is 1.70. The molecule has 1 aliphatic rings. The van der Waals surface area contributed by atoms with Gasteiger partial charge in [0.1, 0.15) is 0 Å². The van der Waals surface area contributed by atoms with Gasteiger partial charge in [0.25, 0.3) is 5.95 Å². The van der Waals surface area contributed by atoms with E-state index in [4.69, 9.17) is 0 Å². The fraction of sp³-hybridized carbons (Fsp3) is 0.333. The Labute approximate surface area is 139 Å². The lowest BCUT2D eigenvalue weighted by molar-refractivity contribution is 0.242. The zero-order valence-corrected chi connectivity index (χ0v) is 13.9. The fourth-order valence-electron chi connectivity index (χ4n) is 2.62. The van der Waals surface area contributed by atoms with Crippen molar-refractivity contribution in [2.24, 2.45) is 0 Å². The van der Waals surface area contributed by atoms with E-state index in [1.54, 1.807) is 6.92 Å². The van der Waals surface area contributed by atoms with Crippen LogP contribution >= 0.6 is 0 Å². The molecular formula is C15H17N5O3S. The van der Waals surface area contributed by atoms with E-state index < -0.39 is 21.4 Å². The van der Waals surface area contributed by atoms with Crippen molar-refractivity contribution in [3.8, 4) is 11.3 Å². The van der Waals surface area contributed by atoms with E-state index >= 15 is 0 Å². The summed E-state index contributed by atoms with van der Waals surface area (Å²) in [6.07, 6.45) is 1.88. The minimum absolute atomic E-state index is 0.0540. The summed E-state index contributed by atoms with van der Waals surface area (Å²) >= 11 is 0. The normalized spacial score (nSPS) is 22.0. The first-order valence-corrected chi connectivity index (χ1v) is 9.22. The highest BCUT2D eigenvalue weighted by Crippen LogP contribution is 2.23. The standard InChI is InChI=1S/C15H17N5O3S/c1-15(7-8-24(22,23)10-15)19-14(21)18-13-17-12(9-16-20-13)11-5-3-2-4-6-11/h2-6,9H,7-8,10H2,1H3,(H2,17,18,19,20,21). The van der Waals surface area contributed by atoms with Crippen LogP contribution in [0.4, 0.5) is 10.7 Å². The lowest BCUT2D eigenvalue weighted by Crippen LogP contribution is -2.48. The zero-order chi connectivity index (χ0) is 17.2. The third-order valence-electron chi connectivity index (χ3n) is 3.77. The molecule has 0 aliphatic carbocycles. The van der Waals surface area contributed by atoms with E-state index in [2.05, 4.69) is 25.8 Å². The van der Waals surface area contributed by atoms with Gasteiger partial charge >= 0.3 is 6.03 Å². The molecule has 2 N–H and O–H groups in total. The maximum absolute atomic E-state index is 12.1. The van der Waals surface area contributed by atoms with Gasteiger partial charge in [-0.15, -0.1) is 5.10 Å². The third-order valence-corrected chi connectivity index (χ3v) is 5.68. The number of anilines is 1. The molecule has 1 aliphatic heterocycles. The number of hydrogen-bond donors (Lipinski definition) is 2. The molecule has 0 spiro atoms. The average molecular weight is 347 g/mol. The van der Waals surface area contributed by atoms with E-state index in [-0.39, 0.29) is 17.5 Å². The maximum atomic E-state index is 12.1. The minimum Gasteiger partial charge on any atom is -0.332 e. The molecular weight excluding hydrogens is 330 g/mol. The number of sulfone groups is 1. The van der Waals surface area contributed by atoms with Gasteiger partial charge in [-0.05, 0) is 13.3 Å². The molecule has 2 aromatic rings. The van der Waals surface area contributed by atoms with Crippen LogP contribution in [0.5, 0.6) is 0 Å². The number of amides is 2. The van der Waals surface area contributed by atoms with Crippen molar-refractivity contribution >= 4 is 21.8 Å². The Bertz CT molecular complexity index is 856. The smallest absolute Gasteiger partial charge is 0.322 e. The minimum atomic E-state index is -3.10. The number of hydrogen-bond acceptors (Lipinski definition) is 6. The molecule has 9 heteroatoms. The van der Waals surface area contributed by atoms with E-state index in [0.717, 1.165) is 5.56 Å². The molecule has 1 aromatic carbocycles. The summed E-state index contributed by atoms with van der Waals surface area (Å²) in [7, 11) is -3.10. The van der Waals surface area contributed by atoms with Gasteiger partial charge in [0.05, 0.1) is 28.9 Å². The molecule has 1 aromatic heterocycles. The largest absolute Gasteiger partial charge is 0.332 e. The van der Waals surface area contributed by atoms with Crippen LogP contribution in [0.3, 0.4) is 0 Å². The molecule has 0 radical (unpaired) electrons. The van der Waals surface area contributed by atoms with Crippen molar-refractivity contribution in [2.45, 2.75) is 18.9 Å². The predicted molar refractivity (Wildman–Crippen MR) is 89.1 cm³/mol. The number of rotatable bonds is 3. The van der Waals surface area contributed by atoms with Crippen molar-refractivity contribution in [3.05, 3.63) is 36.5 Å². The first kappa shape index (κ1) is 16.3. The molecule has 3 rings (SSSR count). The number of nitrogens with one attached hydrogen (secondary N) is 2. The second-order valence-electron chi connectivity index (χ2n) is 6.01. The van der Waals surface area contributed by atoms with Crippen molar-refractivity contribution < 1.29 is 13.2 Å². The first-order chi connectivity index (χ1) is 11.4. The molecule has 0 bridgehead atoms. The van der Waals surface area contributed by atoms with Crippen LogP contribution in [0, 0.1) is 0 Å². The van der Waals surface area contributed by atoms with E-state index in [0.29, 0.717) is 12.1 Å². The van der Waals surface area contributed by atoms with Gasteiger partial charge in [0.2, 0.25) is 0 Å². The van der Waals surface area contributed by atoms with Crippen molar-refractivity contribution in [1.82, 2.24) is 20.5 Å². The van der Waals surface area contributed by atoms with Crippen LogP contribution in [0.1, 0.15) is 13.3 Å². The van der Waals surface area contributed by atoms with Gasteiger partial charge in [0.15, 0.2) is 9.84 Å². The Balaban J connectivity index is 1.69. The Morgan fingerprint density at radius 2 is 2.00 bits per heavy atom. The second-order valence-corrected chi connectivity index (χ2v) is 8.20. The predicted octanol–water partition coefficient (Wildman–Crippen LogP) is 1.24. The van der Waals surface area contributed by atoms with Crippen molar-refractivity contribution in [3.63, 3.8) is 0 Å². The van der Waals surface area contributed by atoms with Gasteiger partial charge in [-0.3, -0.25) is 5.32 Å². The molecule has 1 atom stereocenters. The van der Waals surface area contributed by atoms with Crippen LogP contribution in [0.15, 0.2) is 36.5 Å². The monoisotopic (exact) mass is 347 g/mol. The zero-order valence-electron chi connectivity index (χ0n) is 13.1. The third kappa shape index (κ3) is 3.85.